The molecule has 2 aromatic rings. The molecule has 1 aliphatic heterocycles. The summed E-state index contributed by atoms with van der Waals surface area (Å²) in [6.45, 7) is 0.688. The van der Waals surface area contributed by atoms with Gasteiger partial charge in [0, 0.05) is 38.3 Å². The molecule has 1 fully saturated rings. The average molecular weight is 488 g/mol. The minimum Gasteiger partial charge on any atom is -0.469 e. The first-order valence-corrected chi connectivity index (χ1v) is 12.8. The average Bonchev–Trinajstić information content (AvgIpc) is 2.84. The lowest BCUT2D eigenvalue weighted by Gasteiger charge is -2.35. The SMILES string of the molecule is COC(=O)CC[C@@H](C(=O)Nc1ccc(-c2ccccc2)cc1)C(=O)N1CCN(S(C)(=O)=O)CC1. The number of hydrogen-bond donors (Lipinski definition) is 1. The Hall–Kier alpha value is -3.24. The molecule has 2 amide bonds. The zero-order valence-electron chi connectivity index (χ0n) is 19.3. The van der Waals surface area contributed by atoms with Crippen molar-refractivity contribution in [3.63, 3.8) is 0 Å². The Morgan fingerprint density at radius 3 is 2.09 bits per heavy atom. The third-order valence-corrected chi connectivity index (χ3v) is 7.06. The van der Waals surface area contributed by atoms with E-state index < -0.39 is 33.7 Å². The van der Waals surface area contributed by atoms with Crippen LogP contribution in [0.2, 0.25) is 0 Å². The molecule has 34 heavy (non-hydrogen) atoms. The smallest absolute Gasteiger partial charge is 0.305 e. The molecule has 0 radical (unpaired) electrons. The van der Waals surface area contributed by atoms with E-state index in [2.05, 4.69) is 10.1 Å². The highest BCUT2D eigenvalue weighted by atomic mass is 32.2. The lowest BCUT2D eigenvalue weighted by atomic mass is 9.99. The Morgan fingerprint density at radius 1 is 0.941 bits per heavy atom. The molecule has 1 N–H and O–H groups in total. The van der Waals surface area contributed by atoms with Crippen LogP contribution in [0.15, 0.2) is 54.6 Å². The molecular formula is C24H29N3O6S. The molecule has 9 nitrogen and oxygen atoms in total. The van der Waals surface area contributed by atoms with E-state index in [4.69, 9.17) is 0 Å². The van der Waals surface area contributed by atoms with Crippen LogP contribution in [0, 0.1) is 5.92 Å². The van der Waals surface area contributed by atoms with Crippen molar-refractivity contribution in [3.05, 3.63) is 54.6 Å². The fourth-order valence-corrected chi connectivity index (χ4v) is 4.62. The van der Waals surface area contributed by atoms with Gasteiger partial charge in [-0.2, -0.15) is 4.31 Å². The van der Waals surface area contributed by atoms with Crippen LogP contribution in [0.25, 0.3) is 11.1 Å². The second kappa shape index (κ2) is 11.3. The third kappa shape index (κ3) is 6.64. The lowest BCUT2D eigenvalue weighted by molar-refractivity contribution is -0.143. The summed E-state index contributed by atoms with van der Waals surface area (Å²) in [7, 11) is -2.10. The van der Waals surface area contributed by atoms with Crippen LogP contribution in [-0.4, -0.2) is 75.0 Å². The highest BCUT2D eigenvalue weighted by Crippen LogP contribution is 2.22. The highest BCUT2D eigenvalue weighted by Gasteiger charge is 2.34. The van der Waals surface area contributed by atoms with E-state index >= 15 is 0 Å². The predicted molar refractivity (Wildman–Crippen MR) is 128 cm³/mol. The topological polar surface area (TPSA) is 113 Å². The predicted octanol–water partition coefficient (Wildman–Crippen LogP) is 1.97. The van der Waals surface area contributed by atoms with Gasteiger partial charge in [0.1, 0.15) is 5.92 Å². The molecule has 1 heterocycles. The van der Waals surface area contributed by atoms with Gasteiger partial charge in [-0.05, 0) is 29.7 Å². The number of amides is 2. The number of methoxy groups -OCH3 is 1. The maximum atomic E-state index is 13.2. The molecular weight excluding hydrogens is 458 g/mol. The summed E-state index contributed by atoms with van der Waals surface area (Å²) in [4.78, 5) is 39.4. The number of carbonyl (C=O) groups is 3. The number of nitrogens with one attached hydrogen (secondary N) is 1. The number of nitrogens with zero attached hydrogens (tertiary/aromatic N) is 2. The first kappa shape index (κ1) is 25.4. The van der Waals surface area contributed by atoms with Crippen molar-refractivity contribution < 1.29 is 27.5 Å². The number of sulfonamides is 1. The van der Waals surface area contributed by atoms with E-state index in [9.17, 15) is 22.8 Å². The zero-order valence-corrected chi connectivity index (χ0v) is 20.1. The number of hydrogen-bond acceptors (Lipinski definition) is 6. The molecule has 2 aromatic carbocycles. The first-order valence-electron chi connectivity index (χ1n) is 11.0. The minimum atomic E-state index is -3.35. The lowest BCUT2D eigenvalue weighted by Crippen LogP contribution is -2.53. The van der Waals surface area contributed by atoms with Gasteiger partial charge in [-0.3, -0.25) is 14.4 Å². The number of benzene rings is 2. The Labute approximate surface area is 199 Å². The molecule has 0 bridgehead atoms. The Kier molecular flexibility index (Phi) is 8.41. The van der Waals surface area contributed by atoms with E-state index in [-0.39, 0.29) is 39.0 Å². The minimum absolute atomic E-state index is 0.00820. The molecule has 1 aliphatic rings. The Bertz CT molecular complexity index is 1110. The van der Waals surface area contributed by atoms with Crippen molar-refractivity contribution in [1.29, 1.82) is 0 Å². The number of ether oxygens (including phenoxy) is 1. The van der Waals surface area contributed by atoms with Crippen LogP contribution in [-0.2, 0) is 29.1 Å². The molecule has 10 heteroatoms. The number of rotatable bonds is 8. The van der Waals surface area contributed by atoms with Gasteiger partial charge in [0.15, 0.2) is 0 Å². The van der Waals surface area contributed by atoms with Gasteiger partial charge in [0.25, 0.3) is 0 Å². The Balaban J connectivity index is 1.70. The molecule has 0 aromatic heterocycles. The zero-order chi connectivity index (χ0) is 24.7. The van der Waals surface area contributed by atoms with E-state index in [0.717, 1.165) is 17.4 Å². The number of carbonyl (C=O) groups excluding carboxylic acids is 3. The van der Waals surface area contributed by atoms with Crippen LogP contribution >= 0.6 is 0 Å². The molecule has 0 unspecified atom stereocenters. The quantitative estimate of drug-likeness (QED) is 0.450. The van der Waals surface area contributed by atoms with Crippen LogP contribution in [0.1, 0.15) is 12.8 Å². The van der Waals surface area contributed by atoms with Crippen LogP contribution < -0.4 is 5.32 Å². The summed E-state index contributed by atoms with van der Waals surface area (Å²) in [5.74, 6) is -2.57. The van der Waals surface area contributed by atoms with Gasteiger partial charge < -0.3 is 15.0 Å². The summed E-state index contributed by atoms with van der Waals surface area (Å²) in [5.41, 5.74) is 2.56. The molecule has 1 saturated heterocycles. The van der Waals surface area contributed by atoms with Crippen LogP contribution in [0.5, 0.6) is 0 Å². The largest absolute Gasteiger partial charge is 0.469 e. The number of esters is 1. The summed E-state index contributed by atoms with van der Waals surface area (Å²) >= 11 is 0. The Morgan fingerprint density at radius 2 is 1.53 bits per heavy atom. The fourth-order valence-electron chi connectivity index (χ4n) is 3.80. The maximum absolute atomic E-state index is 13.2. The van der Waals surface area contributed by atoms with Crippen molar-refractivity contribution in [3.8, 4) is 11.1 Å². The third-order valence-electron chi connectivity index (χ3n) is 5.76. The molecule has 0 aliphatic carbocycles. The molecule has 1 atom stereocenters. The number of anilines is 1. The van der Waals surface area contributed by atoms with E-state index in [1.54, 1.807) is 12.1 Å². The molecule has 3 rings (SSSR count). The van der Waals surface area contributed by atoms with Crippen LogP contribution in [0.3, 0.4) is 0 Å². The van der Waals surface area contributed by atoms with Gasteiger partial charge in [-0.1, -0.05) is 42.5 Å². The molecule has 182 valence electrons. The first-order chi connectivity index (χ1) is 16.2. The van der Waals surface area contributed by atoms with Crippen molar-refractivity contribution in [2.75, 3.05) is 44.9 Å². The molecule has 0 saturated carbocycles. The normalized spacial score (nSPS) is 15.4. The maximum Gasteiger partial charge on any atom is 0.305 e. The number of piperazine rings is 1. The van der Waals surface area contributed by atoms with E-state index in [1.165, 1.54) is 16.3 Å². The monoisotopic (exact) mass is 487 g/mol. The van der Waals surface area contributed by atoms with Gasteiger partial charge in [0.05, 0.1) is 13.4 Å². The summed E-state index contributed by atoms with van der Waals surface area (Å²) < 4.78 is 29.4. The van der Waals surface area contributed by atoms with E-state index in [1.807, 2.05) is 42.5 Å². The standard InChI is InChI=1S/C24H29N3O6S/c1-33-22(28)13-12-21(24(30)26-14-16-27(17-15-26)34(2,31)32)23(29)25-20-10-8-19(9-11-20)18-6-4-3-5-7-18/h3-11,21H,12-17H2,1-2H3,(H,25,29)/t21-/m0/s1. The van der Waals surface area contributed by atoms with Gasteiger partial charge in [0.2, 0.25) is 21.8 Å². The summed E-state index contributed by atoms with van der Waals surface area (Å²) in [6.07, 6.45) is 1.03. The van der Waals surface area contributed by atoms with Gasteiger partial charge in [-0.25, -0.2) is 8.42 Å². The van der Waals surface area contributed by atoms with Gasteiger partial charge >= 0.3 is 5.97 Å². The van der Waals surface area contributed by atoms with Crippen molar-refractivity contribution in [2.45, 2.75) is 12.8 Å². The second-order valence-corrected chi connectivity index (χ2v) is 10.1. The molecule has 0 spiro atoms. The summed E-state index contributed by atoms with van der Waals surface area (Å²) in [6, 6.07) is 17.1. The highest BCUT2D eigenvalue weighted by molar-refractivity contribution is 7.88. The van der Waals surface area contributed by atoms with Crippen LogP contribution in [0.4, 0.5) is 5.69 Å². The van der Waals surface area contributed by atoms with Crippen molar-refractivity contribution in [2.24, 2.45) is 5.92 Å². The second-order valence-electron chi connectivity index (χ2n) is 8.09. The fraction of sp³-hybridized carbons (Fsp3) is 0.375. The van der Waals surface area contributed by atoms with Gasteiger partial charge in [-0.15, -0.1) is 0 Å². The summed E-state index contributed by atoms with van der Waals surface area (Å²) in [5, 5.41) is 2.77. The van der Waals surface area contributed by atoms with Crippen molar-refractivity contribution in [1.82, 2.24) is 9.21 Å². The van der Waals surface area contributed by atoms with E-state index in [0.29, 0.717) is 5.69 Å². The van der Waals surface area contributed by atoms with Crippen molar-refractivity contribution >= 4 is 33.5 Å².